The minimum atomic E-state index is -0.286. The predicted octanol–water partition coefficient (Wildman–Crippen LogP) is 5.42. The molecule has 0 unspecified atom stereocenters. The third kappa shape index (κ3) is 3.58. The van der Waals surface area contributed by atoms with Crippen molar-refractivity contribution in [2.75, 3.05) is 0 Å². The van der Waals surface area contributed by atoms with Gasteiger partial charge >= 0.3 is 5.97 Å². The number of ether oxygens (including phenoxy) is 1. The Balaban J connectivity index is 1.71. The Morgan fingerprint density at radius 2 is 1.78 bits per heavy atom. The average Bonchev–Trinajstić information content (AvgIpc) is 3.11. The second-order valence-electron chi connectivity index (χ2n) is 5.05. The highest BCUT2D eigenvalue weighted by Crippen LogP contribution is 2.29. The summed E-state index contributed by atoms with van der Waals surface area (Å²) in [4.78, 5) is 13.0. The smallest absolute Gasteiger partial charge is 0.349 e. The van der Waals surface area contributed by atoms with Gasteiger partial charge in [0, 0.05) is 5.56 Å². The highest BCUT2D eigenvalue weighted by Gasteiger charge is 2.15. The van der Waals surface area contributed by atoms with Gasteiger partial charge in [0.25, 0.3) is 0 Å². The van der Waals surface area contributed by atoms with Crippen LogP contribution in [0.15, 0.2) is 72.6 Å². The van der Waals surface area contributed by atoms with Gasteiger partial charge in [-0.25, -0.2) is 4.79 Å². The molecule has 0 amide bonds. The van der Waals surface area contributed by atoms with E-state index in [0.29, 0.717) is 4.88 Å². The van der Waals surface area contributed by atoms with E-state index in [9.17, 15) is 4.79 Å². The molecule has 3 aromatic rings. The Hall–Kier alpha value is -2.65. The first-order valence-electron chi connectivity index (χ1n) is 7.29. The van der Waals surface area contributed by atoms with Crippen LogP contribution in [-0.2, 0) is 11.3 Å². The quantitative estimate of drug-likeness (QED) is 0.587. The third-order valence-corrected chi connectivity index (χ3v) is 4.42. The SMILES string of the molecule is C=Cc1ccc(COC(=O)c2sccc2-c2ccccc2)cc1. The second-order valence-corrected chi connectivity index (χ2v) is 5.97. The number of rotatable bonds is 5. The van der Waals surface area contributed by atoms with Crippen LogP contribution < -0.4 is 0 Å². The van der Waals surface area contributed by atoms with Crippen molar-refractivity contribution >= 4 is 23.4 Å². The van der Waals surface area contributed by atoms with E-state index >= 15 is 0 Å². The molecule has 0 aliphatic heterocycles. The number of benzene rings is 2. The van der Waals surface area contributed by atoms with E-state index in [0.717, 1.165) is 22.3 Å². The third-order valence-electron chi connectivity index (χ3n) is 3.52. The number of esters is 1. The van der Waals surface area contributed by atoms with Gasteiger partial charge in [-0.3, -0.25) is 0 Å². The minimum absolute atomic E-state index is 0.266. The van der Waals surface area contributed by atoms with Crippen LogP contribution in [0.5, 0.6) is 0 Å². The molecule has 0 atom stereocenters. The maximum atomic E-state index is 12.4. The van der Waals surface area contributed by atoms with Crippen LogP contribution >= 0.6 is 11.3 Å². The fourth-order valence-corrected chi connectivity index (χ4v) is 3.08. The molecule has 0 fully saturated rings. The Morgan fingerprint density at radius 1 is 1.04 bits per heavy atom. The van der Waals surface area contributed by atoms with Crippen molar-refractivity contribution in [3.05, 3.63) is 88.6 Å². The first kappa shape index (κ1) is 15.3. The van der Waals surface area contributed by atoms with Crippen LogP contribution in [0.2, 0.25) is 0 Å². The van der Waals surface area contributed by atoms with Gasteiger partial charge < -0.3 is 4.74 Å². The zero-order valence-electron chi connectivity index (χ0n) is 12.6. The predicted molar refractivity (Wildman–Crippen MR) is 95.4 cm³/mol. The molecule has 0 aliphatic carbocycles. The van der Waals surface area contributed by atoms with E-state index in [4.69, 9.17) is 4.74 Å². The van der Waals surface area contributed by atoms with E-state index < -0.39 is 0 Å². The molecule has 3 rings (SSSR count). The topological polar surface area (TPSA) is 26.3 Å². The Bertz CT molecular complexity index is 801. The zero-order chi connectivity index (χ0) is 16.1. The molecule has 0 bridgehead atoms. The van der Waals surface area contributed by atoms with Crippen LogP contribution in [0.4, 0.5) is 0 Å². The number of hydrogen-bond donors (Lipinski definition) is 0. The lowest BCUT2D eigenvalue weighted by Gasteiger charge is -2.06. The summed E-state index contributed by atoms with van der Waals surface area (Å²) in [5, 5.41) is 1.91. The molecule has 0 saturated heterocycles. The molecule has 0 saturated carbocycles. The molecule has 0 N–H and O–H groups in total. The molecule has 1 heterocycles. The first-order valence-corrected chi connectivity index (χ1v) is 8.17. The largest absolute Gasteiger partial charge is 0.457 e. The van der Waals surface area contributed by atoms with Gasteiger partial charge in [0.05, 0.1) is 0 Å². The lowest BCUT2D eigenvalue weighted by molar-refractivity contribution is 0.0479. The fraction of sp³-hybridized carbons (Fsp3) is 0.0500. The highest BCUT2D eigenvalue weighted by molar-refractivity contribution is 7.12. The lowest BCUT2D eigenvalue weighted by Crippen LogP contribution is -2.04. The lowest BCUT2D eigenvalue weighted by atomic mass is 10.1. The van der Waals surface area contributed by atoms with E-state index in [1.165, 1.54) is 11.3 Å². The van der Waals surface area contributed by atoms with Gasteiger partial charge in [-0.15, -0.1) is 11.3 Å². The monoisotopic (exact) mass is 320 g/mol. The summed E-state index contributed by atoms with van der Waals surface area (Å²) in [5.74, 6) is -0.286. The maximum absolute atomic E-state index is 12.4. The van der Waals surface area contributed by atoms with Crippen LogP contribution in [-0.4, -0.2) is 5.97 Å². The average molecular weight is 320 g/mol. The van der Waals surface area contributed by atoms with Crippen molar-refractivity contribution in [2.24, 2.45) is 0 Å². The van der Waals surface area contributed by atoms with Gasteiger partial charge in [0.1, 0.15) is 11.5 Å². The van der Waals surface area contributed by atoms with E-state index in [1.807, 2.05) is 66.0 Å². The zero-order valence-corrected chi connectivity index (χ0v) is 13.4. The molecule has 2 aromatic carbocycles. The molecule has 3 heteroatoms. The normalized spacial score (nSPS) is 10.3. The number of hydrogen-bond acceptors (Lipinski definition) is 3. The van der Waals surface area contributed by atoms with Crippen LogP contribution in [0.25, 0.3) is 17.2 Å². The van der Waals surface area contributed by atoms with Crippen molar-refractivity contribution in [3.8, 4) is 11.1 Å². The Kier molecular flexibility index (Phi) is 4.69. The highest BCUT2D eigenvalue weighted by atomic mass is 32.1. The van der Waals surface area contributed by atoms with E-state index in [-0.39, 0.29) is 12.6 Å². The van der Waals surface area contributed by atoms with Crippen LogP contribution in [0, 0.1) is 0 Å². The van der Waals surface area contributed by atoms with E-state index in [2.05, 4.69) is 6.58 Å². The van der Waals surface area contributed by atoms with Gasteiger partial charge in [0.15, 0.2) is 0 Å². The summed E-state index contributed by atoms with van der Waals surface area (Å²) in [6, 6.07) is 19.6. The van der Waals surface area contributed by atoms with Gasteiger partial charge in [-0.1, -0.05) is 67.3 Å². The van der Waals surface area contributed by atoms with Gasteiger partial charge in [-0.05, 0) is 28.1 Å². The molecular weight excluding hydrogens is 304 g/mol. The summed E-state index contributed by atoms with van der Waals surface area (Å²) in [5.41, 5.74) is 3.95. The van der Waals surface area contributed by atoms with Crippen LogP contribution in [0.3, 0.4) is 0 Å². The fourth-order valence-electron chi connectivity index (χ4n) is 2.28. The Morgan fingerprint density at radius 3 is 2.48 bits per heavy atom. The van der Waals surface area contributed by atoms with Crippen molar-refractivity contribution < 1.29 is 9.53 Å². The molecule has 23 heavy (non-hydrogen) atoms. The van der Waals surface area contributed by atoms with Crippen LogP contribution in [0.1, 0.15) is 20.8 Å². The molecule has 2 nitrogen and oxygen atoms in total. The molecule has 0 aliphatic rings. The number of carbonyl (C=O) groups excluding carboxylic acids is 1. The first-order chi connectivity index (χ1) is 11.3. The maximum Gasteiger partial charge on any atom is 0.349 e. The van der Waals surface area contributed by atoms with Crippen molar-refractivity contribution in [1.29, 1.82) is 0 Å². The number of carbonyl (C=O) groups is 1. The van der Waals surface area contributed by atoms with Crippen molar-refractivity contribution in [3.63, 3.8) is 0 Å². The molecular formula is C20H16O2S. The standard InChI is InChI=1S/C20H16O2S/c1-2-15-8-10-16(11-9-15)14-22-20(21)19-18(12-13-23-19)17-6-4-3-5-7-17/h2-13H,1,14H2. The minimum Gasteiger partial charge on any atom is -0.457 e. The van der Waals surface area contributed by atoms with Gasteiger partial charge in [-0.2, -0.15) is 0 Å². The summed E-state index contributed by atoms with van der Waals surface area (Å²) in [7, 11) is 0. The molecule has 0 radical (unpaired) electrons. The van der Waals surface area contributed by atoms with E-state index in [1.54, 1.807) is 6.08 Å². The summed E-state index contributed by atoms with van der Waals surface area (Å²) >= 11 is 1.41. The summed E-state index contributed by atoms with van der Waals surface area (Å²) in [6.45, 7) is 3.99. The van der Waals surface area contributed by atoms with Crippen molar-refractivity contribution in [1.82, 2.24) is 0 Å². The molecule has 114 valence electrons. The second kappa shape index (κ2) is 7.07. The van der Waals surface area contributed by atoms with Gasteiger partial charge in [0.2, 0.25) is 0 Å². The molecule has 1 aromatic heterocycles. The van der Waals surface area contributed by atoms with Crippen molar-refractivity contribution in [2.45, 2.75) is 6.61 Å². The summed E-state index contributed by atoms with van der Waals surface area (Å²) < 4.78 is 5.45. The molecule has 0 spiro atoms. The summed E-state index contributed by atoms with van der Waals surface area (Å²) in [6.07, 6.45) is 1.79. The number of thiophene rings is 1. The Labute approximate surface area is 139 Å².